The van der Waals surface area contributed by atoms with Gasteiger partial charge in [-0.05, 0) is 30.7 Å². The molecule has 1 amide bonds. The number of hydrogen-bond donors (Lipinski definition) is 2. The van der Waals surface area contributed by atoms with Gasteiger partial charge in [-0.1, -0.05) is 37.6 Å². The Bertz CT molecular complexity index is 1190. The van der Waals surface area contributed by atoms with Crippen molar-refractivity contribution in [3.05, 3.63) is 76.2 Å². The molecule has 0 radical (unpaired) electrons. The van der Waals surface area contributed by atoms with Crippen LogP contribution in [-0.2, 0) is 4.74 Å². The van der Waals surface area contributed by atoms with E-state index in [1.54, 1.807) is 36.4 Å². The number of aromatic hydroxyl groups is 1. The number of amides is 1. The first-order valence-corrected chi connectivity index (χ1v) is 10.0. The molecule has 9 nitrogen and oxygen atoms in total. The van der Waals surface area contributed by atoms with E-state index in [4.69, 9.17) is 9.47 Å². The number of esters is 1. The quantitative estimate of drug-likeness (QED) is 0.410. The number of nitrogens with zero attached hydrogens (tertiary/aromatic N) is 2. The van der Waals surface area contributed by atoms with Gasteiger partial charge in [0.25, 0.3) is 11.5 Å². The lowest BCUT2D eigenvalue weighted by molar-refractivity contribution is 0.0501. The highest BCUT2D eigenvalue weighted by Crippen LogP contribution is 2.23. The summed E-state index contributed by atoms with van der Waals surface area (Å²) >= 11 is 0. The number of benzene rings is 2. The van der Waals surface area contributed by atoms with Crippen molar-refractivity contribution < 1.29 is 24.2 Å². The van der Waals surface area contributed by atoms with E-state index in [1.165, 1.54) is 19.2 Å². The largest absolute Gasteiger partial charge is 0.505 e. The molecule has 0 spiro atoms. The van der Waals surface area contributed by atoms with Crippen LogP contribution < -0.4 is 15.6 Å². The van der Waals surface area contributed by atoms with E-state index in [-0.39, 0.29) is 17.9 Å². The fourth-order valence-corrected chi connectivity index (χ4v) is 2.92. The second-order valence-electron chi connectivity index (χ2n) is 6.79. The summed E-state index contributed by atoms with van der Waals surface area (Å²) in [5.74, 6) is -1.62. The number of nitrogens with one attached hydrogen (secondary N) is 1. The minimum absolute atomic E-state index is 0.162. The highest BCUT2D eigenvalue weighted by atomic mass is 16.5. The monoisotopic (exact) mass is 437 g/mol. The molecule has 166 valence electrons. The van der Waals surface area contributed by atoms with Crippen LogP contribution in [0.25, 0.3) is 5.69 Å². The lowest BCUT2D eigenvalue weighted by Crippen LogP contribution is -2.26. The van der Waals surface area contributed by atoms with Crippen LogP contribution in [0.4, 0.5) is 5.69 Å². The maximum Gasteiger partial charge on any atom is 0.340 e. The molecule has 0 aliphatic heterocycles. The predicted molar refractivity (Wildman–Crippen MR) is 118 cm³/mol. The van der Waals surface area contributed by atoms with E-state index in [1.807, 2.05) is 6.92 Å². The van der Waals surface area contributed by atoms with Crippen LogP contribution in [0.15, 0.2) is 59.4 Å². The predicted octanol–water partition coefficient (Wildman–Crippen LogP) is 3.16. The van der Waals surface area contributed by atoms with Crippen molar-refractivity contribution in [3.63, 3.8) is 0 Å². The summed E-state index contributed by atoms with van der Waals surface area (Å²) in [7, 11) is 1.44. The number of unbranched alkanes of at least 4 members (excludes halogenated alkanes) is 1. The van der Waals surface area contributed by atoms with Crippen molar-refractivity contribution in [2.24, 2.45) is 0 Å². The van der Waals surface area contributed by atoms with E-state index < -0.39 is 28.9 Å². The molecule has 0 bridgehead atoms. The first-order valence-electron chi connectivity index (χ1n) is 10.0. The fraction of sp³-hybridized carbons (Fsp3) is 0.217. The van der Waals surface area contributed by atoms with Gasteiger partial charge < -0.3 is 19.9 Å². The zero-order chi connectivity index (χ0) is 23.1. The fourth-order valence-electron chi connectivity index (χ4n) is 2.92. The number of aromatic nitrogens is 2. The van der Waals surface area contributed by atoms with Crippen LogP contribution in [0, 0.1) is 0 Å². The third-order valence-corrected chi connectivity index (χ3v) is 4.57. The highest BCUT2D eigenvalue weighted by Gasteiger charge is 2.21. The van der Waals surface area contributed by atoms with Crippen molar-refractivity contribution in [2.75, 3.05) is 19.0 Å². The number of rotatable bonds is 8. The third-order valence-electron chi connectivity index (χ3n) is 4.57. The van der Waals surface area contributed by atoms with E-state index in [2.05, 4.69) is 10.4 Å². The molecule has 3 aromatic rings. The molecule has 0 fully saturated rings. The molecule has 0 aliphatic carbocycles. The summed E-state index contributed by atoms with van der Waals surface area (Å²) in [4.78, 5) is 37.7. The van der Waals surface area contributed by atoms with Gasteiger partial charge in [0.15, 0.2) is 11.4 Å². The Morgan fingerprint density at radius 1 is 1.12 bits per heavy atom. The zero-order valence-corrected chi connectivity index (χ0v) is 17.7. The standard InChI is InChI=1S/C23H23N3O6/c1-3-4-13-32-23(30)15-9-5-6-10-16(15)24-22(29)21-18(27)14-20(28)26(25-21)17-11-7-8-12-19(17)31-2/h5-12,14,27H,3-4,13H2,1-2H3,(H,24,29). The minimum atomic E-state index is -0.806. The molecule has 0 aliphatic rings. The molecule has 32 heavy (non-hydrogen) atoms. The van der Waals surface area contributed by atoms with Crippen molar-refractivity contribution in [3.8, 4) is 17.2 Å². The van der Waals surface area contributed by atoms with Crippen LogP contribution in [0.2, 0.25) is 0 Å². The maximum absolute atomic E-state index is 12.9. The molecular formula is C23H23N3O6. The highest BCUT2D eigenvalue weighted by molar-refractivity contribution is 6.08. The van der Waals surface area contributed by atoms with Crippen molar-refractivity contribution in [2.45, 2.75) is 19.8 Å². The molecule has 0 saturated heterocycles. The van der Waals surface area contributed by atoms with Gasteiger partial charge in [0.05, 0.1) is 25.0 Å². The second kappa shape index (κ2) is 10.3. The van der Waals surface area contributed by atoms with Crippen LogP contribution in [0.5, 0.6) is 11.5 Å². The van der Waals surface area contributed by atoms with Crippen LogP contribution >= 0.6 is 0 Å². The maximum atomic E-state index is 12.9. The Hall–Kier alpha value is -4.14. The summed E-state index contributed by atoms with van der Waals surface area (Å²) < 4.78 is 11.4. The summed E-state index contributed by atoms with van der Waals surface area (Å²) in [5.41, 5.74) is -0.396. The molecule has 1 heterocycles. The SMILES string of the molecule is CCCCOC(=O)c1ccccc1NC(=O)c1nn(-c2ccccc2OC)c(=O)cc1O. The minimum Gasteiger partial charge on any atom is -0.505 e. The molecule has 0 unspecified atom stereocenters. The normalized spacial score (nSPS) is 10.4. The van der Waals surface area contributed by atoms with Crippen LogP contribution in [-0.4, -0.2) is 40.5 Å². The smallest absolute Gasteiger partial charge is 0.340 e. The van der Waals surface area contributed by atoms with Gasteiger partial charge in [-0.3, -0.25) is 9.59 Å². The van der Waals surface area contributed by atoms with Gasteiger partial charge in [0.2, 0.25) is 0 Å². The topological polar surface area (TPSA) is 120 Å². The van der Waals surface area contributed by atoms with Crippen LogP contribution in [0.1, 0.15) is 40.6 Å². The average Bonchev–Trinajstić information content (AvgIpc) is 2.79. The van der Waals surface area contributed by atoms with Crippen molar-refractivity contribution in [1.82, 2.24) is 9.78 Å². The first kappa shape index (κ1) is 22.5. The van der Waals surface area contributed by atoms with E-state index in [0.717, 1.165) is 23.6 Å². The summed E-state index contributed by atoms with van der Waals surface area (Å²) in [5, 5.41) is 16.8. The summed E-state index contributed by atoms with van der Waals surface area (Å²) in [6.45, 7) is 2.25. The Labute approximate surface area is 184 Å². The summed E-state index contributed by atoms with van der Waals surface area (Å²) in [6.07, 6.45) is 1.60. The first-order chi connectivity index (χ1) is 15.5. The molecule has 0 atom stereocenters. The van der Waals surface area contributed by atoms with Gasteiger partial charge >= 0.3 is 5.97 Å². The number of carbonyl (C=O) groups excluding carboxylic acids is 2. The molecule has 2 N–H and O–H groups in total. The number of anilines is 1. The molecule has 0 saturated carbocycles. The second-order valence-corrected chi connectivity index (χ2v) is 6.79. The Kier molecular flexibility index (Phi) is 7.22. The average molecular weight is 437 g/mol. The molecule has 1 aromatic heterocycles. The van der Waals surface area contributed by atoms with Gasteiger partial charge in [0.1, 0.15) is 11.4 Å². The molecule has 2 aromatic carbocycles. The molecule has 9 heteroatoms. The van der Waals surface area contributed by atoms with Gasteiger partial charge in [-0.25, -0.2) is 4.79 Å². The van der Waals surface area contributed by atoms with Crippen LogP contribution in [0.3, 0.4) is 0 Å². The number of ether oxygens (including phenoxy) is 2. The Balaban J connectivity index is 1.93. The Morgan fingerprint density at radius 2 is 1.84 bits per heavy atom. The van der Waals surface area contributed by atoms with E-state index >= 15 is 0 Å². The zero-order valence-electron chi connectivity index (χ0n) is 17.7. The number of carbonyl (C=O) groups is 2. The lowest BCUT2D eigenvalue weighted by atomic mass is 10.1. The van der Waals surface area contributed by atoms with E-state index in [9.17, 15) is 19.5 Å². The number of para-hydroxylation sites is 3. The number of hydrogen-bond acceptors (Lipinski definition) is 7. The van der Waals surface area contributed by atoms with Crippen molar-refractivity contribution in [1.29, 1.82) is 0 Å². The third kappa shape index (κ3) is 4.94. The Morgan fingerprint density at radius 3 is 2.59 bits per heavy atom. The molecule has 3 rings (SSSR count). The lowest BCUT2D eigenvalue weighted by Gasteiger charge is -2.13. The van der Waals surface area contributed by atoms with Crippen molar-refractivity contribution >= 4 is 17.6 Å². The van der Waals surface area contributed by atoms with Gasteiger partial charge in [-0.15, -0.1) is 0 Å². The van der Waals surface area contributed by atoms with Gasteiger partial charge in [0, 0.05) is 6.07 Å². The number of methoxy groups -OCH3 is 1. The van der Waals surface area contributed by atoms with E-state index in [0.29, 0.717) is 11.4 Å². The molecular weight excluding hydrogens is 414 g/mol. The van der Waals surface area contributed by atoms with Gasteiger partial charge in [-0.2, -0.15) is 9.78 Å². The summed E-state index contributed by atoms with van der Waals surface area (Å²) in [6, 6.07) is 13.8.